The van der Waals surface area contributed by atoms with Crippen molar-refractivity contribution in [2.75, 3.05) is 17.6 Å². The maximum absolute atomic E-state index is 4.71. The molecule has 1 N–H and O–H groups in total. The molecule has 3 nitrogen and oxygen atoms in total. The lowest BCUT2D eigenvalue weighted by atomic mass is 10.1. The number of rotatable bonds is 9. The lowest BCUT2D eigenvalue weighted by molar-refractivity contribution is 0.632. The zero-order chi connectivity index (χ0) is 15.0. The smallest absolute Gasteiger partial charge is 0.140 e. The molecule has 0 aliphatic heterocycles. The molecule has 0 unspecified atom stereocenters. The first-order valence-electron chi connectivity index (χ1n) is 7.69. The van der Waals surface area contributed by atoms with Crippen molar-refractivity contribution < 1.29 is 0 Å². The third kappa shape index (κ3) is 7.13. The summed E-state index contributed by atoms with van der Waals surface area (Å²) in [5.74, 6) is 5.36. The Morgan fingerprint density at radius 1 is 1.15 bits per heavy atom. The van der Waals surface area contributed by atoms with Crippen LogP contribution >= 0.6 is 11.8 Å². The molecule has 114 valence electrons. The quantitative estimate of drug-likeness (QED) is 0.733. The number of aromatic nitrogens is 2. The summed E-state index contributed by atoms with van der Waals surface area (Å²) in [4.78, 5) is 9.34. The Kier molecular flexibility index (Phi) is 7.97. The van der Waals surface area contributed by atoms with Crippen LogP contribution in [0, 0.1) is 11.8 Å². The molecule has 1 rings (SSSR count). The van der Waals surface area contributed by atoms with Gasteiger partial charge in [-0.05, 0) is 30.4 Å². The van der Waals surface area contributed by atoms with E-state index in [2.05, 4.69) is 51.0 Å². The van der Waals surface area contributed by atoms with Gasteiger partial charge in [0.25, 0.3) is 0 Å². The van der Waals surface area contributed by atoms with E-state index < -0.39 is 0 Å². The van der Waals surface area contributed by atoms with Gasteiger partial charge in [0.2, 0.25) is 0 Å². The highest BCUT2D eigenvalue weighted by molar-refractivity contribution is 7.98. The Balaban J connectivity index is 2.74. The average molecular weight is 295 g/mol. The first kappa shape index (κ1) is 17.3. The van der Waals surface area contributed by atoms with Gasteiger partial charge in [-0.1, -0.05) is 34.6 Å². The van der Waals surface area contributed by atoms with Crippen LogP contribution in [0.5, 0.6) is 0 Å². The highest BCUT2D eigenvalue weighted by Crippen LogP contribution is 2.17. The van der Waals surface area contributed by atoms with Crippen LogP contribution in [0.4, 0.5) is 5.82 Å². The molecule has 0 spiro atoms. The van der Waals surface area contributed by atoms with Gasteiger partial charge < -0.3 is 5.32 Å². The fourth-order valence-corrected chi connectivity index (χ4v) is 2.77. The monoisotopic (exact) mass is 295 g/mol. The van der Waals surface area contributed by atoms with Crippen molar-refractivity contribution in [1.82, 2.24) is 9.97 Å². The molecule has 1 aromatic rings. The van der Waals surface area contributed by atoms with Gasteiger partial charge in [0, 0.05) is 18.3 Å². The molecule has 0 aliphatic carbocycles. The third-order valence-corrected chi connectivity index (χ3v) is 4.05. The highest BCUT2D eigenvalue weighted by Gasteiger charge is 2.07. The molecule has 20 heavy (non-hydrogen) atoms. The lowest BCUT2D eigenvalue weighted by Gasteiger charge is -2.11. The van der Waals surface area contributed by atoms with Crippen LogP contribution in [0.25, 0.3) is 0 Å². The van der Waals surface area contributed by atoms with Crippen LogP contribution in [-0.2, 0) is 12.2 Å². The first-order chi connectivity index (χ1) is 9.51. The Hall–Kier alpha value is -0.770. The molecular weight excluding hydrogens is 266 g/mol. The molecule has 1 aromatic heterocycles. The maximum atomic E-state index is 4.71. The zero-order valence-corrected chi connectivity index (χ0v) is 14.4. The van der Waals surface area contributed by atoms with Crippen molar-refractivity contribution >= 4 is 17.6 Å². The van der Waals surface area contributed by atoms with Crippen LogP contribution in [-0.4, -0.2) is 22.3 Å². The summed E-state index contributed by atoms with van der Waals surface area (Å²) in [6.07, 6.45) is 2.13. The minimum Gasteiger partial charge on any atom is -0.370 e. The van der Waals surface area contributed by atoms with Crippen molar-refractivity contribution in [2.45, 2.75) is 53.2 Å². The van der Waals surface area contributed by atoms with Crippen molar-refractivity contribution in [3.8, 4) is 0 Å². The van der Waals surface area contributed by atoms with Crippen molar-refractivity contribution in [3.63, 3.8) is 0 Å². The Bertz CT molecular complexity index is 391. The average Bonchev–Trinajstić information content (AvgIpc) is 2.35. The second-order valence-electron chi connectivity index (χ2n) is 6.09. The summed E-state index contributed by atoms with van der Waals surface area (Å²) < 4.78 is 0. The first-order valence-corrected chi connectivity index (χ1v) is 8.85. The topological polar surface area (TPSA) is 37.8 Å². The van der Waals surface area contributed by atoms with E-state index in [1.807, 2.05) is 11.8 Å². The van der Waals surface area contributed by atoms with E-state index in [0.29, 0.717) is 5.92 Å². The van der Waals surface area contributed by atoms with Crippen LogP contribution in [0.3, 0.4) is 0 Å². The van der Waals surface area contributed by atoms with E-state index in [-0.39, 0.29) is 0 Å². The Morgan fingerprint density at radius 2 is 1.90 bits per heavy atom. The van der Waals surface area contributed by atoms with E-state index in [4.69, 9.17) is 4.98 Å². The Morgan fingerprint density at radius 3 is 2.50 bits per heavy atom. The van der Waals surface area contributed by atoms with E-state index in [1.54, 1.807) is 0 Å². The summed E-state index contributed by atoms with van der Waals surface area (Å²) in [6.45, 7) is 12.1. The fraction of sp³-hybridized carbons (Fsp3) is 0.750. The van der Waals surface area contributed by atoms with Crippen molar-refractivity contribution in [3.05, 3.63) is 17.6 Å². The number of nitrogens with one attached hydrogen (secondary N) is 1. The molecule has 0 atom stereocenters. The minimum atomic E-state index is 0.625. The summed E-state index contributed by atoms with van der Waals surface area (Å²) in [6, 6.07) is 2.10. The van der Waals surface area contributed by atoms with Crippen LogP contribution in [0.2, 0.25) is 0 Å². The molecule has 0 saturated heterocycles. The van der Waals surface area contributed by atoms with Crippen molar-refractivity contribution in [1.29, 1.82) is 0 Å². The SMILES string of the molecule is CCCNc1cc(CC(C)C)nc(CSCC(C)C)n1. The molecule has 1 heterocycles. The predicted molar refractivity (Wildman–Crippen MR) is 90.4 cm³/mol. The molecule has 0 aromatic carbocycles. The van der Waals surface area contributed by atoms with Gasteiger partial charge in [-0.15, -0.1) is 0 Å². The molecule has 0 saturated carbocycles. The van der Waals surface area contributed by atoms with E-state index in [0.717, 1.165) is 54.1 Å². The van der Waals surface area contributed by atoms with Gasteiger partial charge in [-0.25, -0.2) is 9.97 Å². The van der Waals surface area contributed by atoms with Gasteiger partial charge in [0.05, 0.1) is 5.75 Å². The van der Waals surface area contributed by atoms with Gasteiger partial charge in [0.1, 0.15) is 11.6 Å². The molecule has 0 radical (unpaired) electrons. The largest absolute Gasteiger partial charge is 0.370 e. The lowest BCUT2D eigenvalue weighted by Crippen LogP contribution is -2.08. The maximum Gasteiger partial charge on any atom is 0.140 e. The van der Waals surface area contributed by atoms with Crippen LogP contribution in [0.1, 0.15) is 52.6 Å². The molecule has 0 fully saturated rings. The minimum absolute atomic E-state index is 0.625. The number of hydrogen-bond acceptors (Lipinski definition) is 4. The fourth-order valence-electron chi connectivity index (χ4n) is 1.87. The van der Waals surface area contributed by atoms with Gasteiger partial charge in [0.15, 0.2) is 0 Å². The normalized spacial score (nSPS) is 11.3. The van der Waals surface area contributed by atoms with Crippen molar-refractivity contribution in [2.24, 2.45) is 11.8 Å². The molecule has 4 heteroatoms. The second-order valence-corrected chi connectivity index (χ2v) is 7.12. The standard InChI is InChI=1S/C16H29N3S/c1-6-7-17-15-9-14(8-12(2)3)18-16(19-15)11-20-10-13(4)5/h9,12-13H,6-8,10-11H2,1-5H3,(H,17,18,19). The van der Waals surface area contributed by atoms with Crippen LogP contribution in [0.15, 0.2) is 6.07 Å². The Labute approximate surface area is 128 Å². The summed E-state index contributed by atoms with van der Waals surface area (Å²) >= 11 is 1.92. The molecular formula is C16H29N3S. The van der Waals surface area contributed by atoms with E-state index in [9.17, 15) is 0 Å². The van der Waals surface area contributed by atoms with E-state index in [1.165, 1.54) is 0 Å². The number of thioether (sulfide) groups is 1. The second kappa shape index (κ2) is 9.22. The zero-order valence-electron chi connectivity index (χ0n) is 13.6. The van der Waals surface area contributed by atoms with E-state index >= 15 is 0 Å². The van der Waals surface area contributed by atoms with Gasteiger partial charge >= 0.3 is 0 Å². The van der Waals surface area contributed by atoms with Gasteiger partial charge in [-0.2, -0.15) is 11.8 Å². The number of anilines is 1. The number of nitrogens with zero attached hydrogens (tertiary/aromatic N) is 2. The molecule has 0 bridgehead atoms. The molecule has 0 amide bonds. The summed E-state index contributed by atoms with van der Waals surface area (Å²) in [5, 5.41) is 3.39. The van der Waals surface area contributed by atoms with Crippen LogP contribution < -0.4 is 5.32 Å². The summed E-state index contributed by atoms with van der Waals surface area (Å²) in [7, 11) is 0. The van der Waals surface area contributed by atoms with Gasteiger partial charge in [-0.3, -0.25) is 0 Å². The third-order valence-electron chi connectivity index (χ3n) is 2.68. The molecule has 0 aliphatic rings. The predicted octanol–water partition coefficient (Wildman–Crippen LogP) is 4.39. The summed E-state index contributed by atoms with van der Waals surface area (Å²) in [5.41, 5.74) is 1.16. The number of hydrogen-bond donors (Lipinski definition) is 1. The highest BCUT2D eigenvalue weighted by atomic mass is 32.2.